The van der Waals surface area contributed by atoms with Gasteiger partial charge in [-0.2, -0.15) is 0 Å². The lowest BCUT2D eigenvalue weighted by atomic mass is 9.98. The van der Waals surface area contributed by atoms with Crippen molar-refractivity contribution in [3.63, 3.8) is 0 Å². The van der Waals surface area contributed by atoms with E-state index in [9.17, 15) is 4.79 Å². The van der Waals surface area contributed by atoms with Crippen LogP contribution >= 0.6 is 23.2 Å². The molecule has 0 bridgehead atoms. The highest BCUT2D eigenvalue weighted by molar-refractivity contribution is 6.35. The van der Waals surface area contributed by atoms with Gasteiger partial charge in [0.1, 0.15) is 0 Å². The number of benzene rings is 1. The van der Waals surface area contributed by atoms with Crippen LogP contribution < -0.4 is 0 Å². The zero-order valence-electron chi connectivity index (χ0n) is 7.30. The summed E-state index contributed by atoms with van der Waals surface area (Å²) in [6.45, 7) is 0.417. The predicted octanol–water partition coefficient (Wildman–Crippen LogP) is 3.02. The maximum absolute atomic E-state index is 10.9. The number of hydrogen-bond acceptors (Lipinski definition) is 2. The largest absolute Gasteiger partial charge is 0.465 e. The van der Waals surface area contributed by atoms with E-state index in [0.29, 0.717) is 23.1 Å². The van der Waals surface area contributed by atoms with Gasteiger partial charge in [-0.05, 0) is 17.7 Å². The van der Waals surface area contributed by atoms with Gasteiger partial charge in [-0.15, -0.1) is 0 Å². The maximum Gasteiger partial charge on any atom is 0.306 e. The van der Waals surface area contributed by atoms with Gasteiger partial charge in [-0.1, -0.05) is 29.3 Å². The molecule has 0 aliphatic carbocycles. The third-order valence-electron chi connectivity index (χ3n) is 2.26. The van der Waals surface area contributed by atoms with Gasteiger partial charge in [0.05, 0.1) is 13.0 Å². The molecule has 0 saturated carbocycles. The normalized spacial score (nSPS) is 21.0. The lowest BCUT2D eigenvalue weighted by Gasteiger charge is -2.08. The minimum atomic E-state index is -0.166. The molecule has 4 heteroatoms. The lowest BCUT2D eigenvalue weighted by molar-refractivity contribution is -0.137. The van der Waals surface area contributed by atoms with E-state index in [-0.39, 0.29) is 11.9 Å². The van der Waals surface area contributed by atoms with Gasteiger partial charge in [0.25, 0.3) is 0 Å². The van der Waals surface area contributed by atoms with Crippen molar-refractivity contribution < 1.29 is 9.53 Å². The number of carbonyl (C=O) groups excluding carboxylic acids is 1. The molecule has 0 amide bonds. The number of ether oxygens (including phenoxy) is 1. The van der Waals surface area contributed by atoms with Crippen LogP contribution in [-0.2, 0) is 9.53 Å². The van der Waals surface area contributed by atoms with Crippen LogP contribution in [0.2, 0.25) is 10.0 Å². The average molecular weight is 231 g/mol. The fraction of sp³-hybridized carbons (Fsp3) is 0.300. The SMILES string of the molecule is O=C1CC(c2ccc(Cl)cc2Cl)CO1. The van der Waals surface area contributed by atoms with Gasteiger partial charge in [0.2, 0.25) is 0 Å². The zero-order chi connectivity index (χ0) is 10.1. The van der Waals surface area contributed by atoms with Crippen molar-refractivity contribution in [2.45, 2.75) is 12.3 Å². The Morgan fingerprint density at radius 3 is 2.71 bits per heavy atom. The fourth-order valence-corrected chi connectivity index (χ4v) is 2.11. The molecule has 0 radical (unpaired) electrons. The van der Waals surface area contributed by atoms with Gasteiger partial charge >= 0.3 is 5.97 Å². The van der Waals surface area contributed by atoms with Gasteiger partial charge < -0.3 is 4.74 Å². The van der Waals surface area contributed by atoms with Crippen LogP contribution in [0.15, 0.2) is 18.2 Å². The number of rotatable bonds is 1. The molecular weight excluding hydrogens is 223 g/mol. The van der Waals surface area contributed by atoms with Gasteiger partial charge in [-0.25, -0.2) is 0 Å². The smallest absolute Gasteiger partial charge is 0.306 e. The molecule has 1 unspecified atom stereocenters. The number of cyclic esters (lactones) is 1. The fourth-order valence-electron chi connectivity index (χ4n) is 1.54. The molecule has 1 atom stereocenters. The second kappa shape index (κ2) is 3.79. The quantitative estimate of drug-likeness (QED) is 0.694. The number of halogens is 2. The van der Waals surface area contributed by atoms with Crippen molar-refractivity contribution in [1.82, 2.24) is 0 Å². The van der Waals surface area contributed by atoms with Crippen molar-refractivity contribution in [3.05, 3.63) is 33.8 Å². The van der Waals surface area contributed by atoms with Crippen molar-refractivity contribution in [3.8, 4) is 0 Å². The Labute approximate surface area is 91.8 Å². The van der Waals surface area contributed by atoms with E-state index in [1.54, 1.807) is 12.1 Å². The Bertz CT molecular complexity index is 376. The zero-order valence-corrected chi connectivity index (χ0v) is 8.81. The Morgan fingerprint density at radius 2 is 2.14 bits per heavy atom. The summed E-state index contributed by atoms with van der Waals surface area (Å²) < 4.78 is 4.87. The molecule has 1 heterocycles. The summed E-state index contributed by atoms with van der Waals surface area (Å²) in [6.07, 6.45) is 0.404. The number of hydrogen-bond donors (Lipinski definition) is 0. The third kappa shape index (κ3) is 1.86. The van der Waals surface area contributed by atoms with Crippen LogP contribution in [0.1, 0.15) is 17.9 Å². The minimum absolute atomic E-state index is 0.0762. The van der Waals surface area contributed by atoms with E-state index >= 15 is 0 Å². The first-order chi connectivity index (χ1) is 6.66. The lowest BCUT2D eigenvalue weighted by Crippen LogP contribution is -1.98. The summed E-state index contributed by atoms with van der Waals surface area (Å²) >= 11 is 11.8. The van der Waals surface area contributed by atoms with Crippen LogP contribution in [0.3, 0.4) is 0 Å². The molecule has 0 N–H and O–H groups in total. The summed E-state index contributed by atoms with van der Waals surface area (Å²) in [5.74, 6) is -0.0896. The molecule has 1 fully saturated rings. The van der Waals surface area contributed by atoms with Gasteiger partial charge in [0.15, 0.2) is 0 Å². The molecule has 1 aromatic rings. The molecule has 1 saturated heterocycles. The molecular formula is C10H8Cl2O2. The summed E-state index contributed by atoms with van der Waals surface area (Å²) in [5, 5.41) is 1.20. The van der Waals surface area contributed by atoms with Gasteiger partial charge in [0, 0.05) is 16.0 Å². The molecule has 2 rings (SSSR count). The van der Waals surface area contributed by atoms with E-state index < -0.39 is 0 Å². The first-order valence-corrected chi connectivity index (χ1v) is 5.03. The molecule has 14 heavy (non-hydrogen) atoms. The number of esters is 1. The molecule has 1 aliphatic rings. The summed E-state index contributed by atoms with van der Waals surface area (Å²) in [7, 11) is 0. The summed E-state index contributed by atoms with van der Waals surface area (Å²) in [5.41, 5.74) is 0.932. The maximum atomic E-state index is 10.9. The summed E-state index contributed by atoms with van der Waals surface area (Å²) in [4.78, 5) is 10.9. The Balaban J connectivity index is 2.28. The summed E-state index contributed by atoms with van der Waals surface area (Å²) in [6, 6.07) is 5.30. The van der Waals surface area contributed by atoms with Crippen LogP contribution in [0, 0.1) is 0 Å². The predicted molar refractivity (Wildman–Crippen MR) is 54.8 cm³/mol. The van der Waals surface area contributed by atoms with Gasteiger partial charge in [-0.3, -0.25) is 4.79 Å². The van der Waals surface area contributed by atoms with Crippen LogP contribution in [0.5, 0.6) is 0 Å². The van der Waals surface area contributed by atoms with E-state index in [1.807, 2.05) is 6.07 Å². The highest BCUT2D eigenvalue weighted by atomic mass is 35.5. The highest BCUT2D eigenvalue weighted by Crippen LogP contribution is 2.32. The minimum Gasteiger partial charge on any atom is -0.465 e. The average Bonchev–Trinajstić information content (AvgIpc) is 2.51. The van der Waals surface area contributed by atoms with E-state index in [0.717, 1.165) is 5.56 Å². The first-order valence-electron chi connectivity index (χ1n) is 4.27. The third-order valence-corrected chi connectivity index (χ3v) is 2.82. The van der Waals surface area contributed by atoms with E-state index in [2.05, 4.69) is 0 Å². The van der Waals surface area contributed by atoms with E-state index in [4.69, 9.17) is 27.9 Å². The van der Waals surface area contributed by atoms with Crippen LogP contribution in [-0.4, -0.2) is 12.6 Å². The molecule has 0 spiro atoms. The standard InChI is InChI=1S/C10H8Cl2O2/c11-7-1-2-8(9(12)4-7)6-3-10(13)14-5-6/h1-2,4,6H,3,5H2. The first kappa shape index (κ1) is 9.81. The molecule has 1 aliphatic heterocycles. The molecule has 74 valence electrons. The highest BCUT2D eigenvalue weighted by Gasteiger charge is 2.26. The van der Waals surface area contributed by atoms with Crippen molar-refractivity contribution in [2.24, 2.45) is 0 Å². The Hall–Kier alpha value is -0.730. The molecule has 0 aromatic heterocycles. The molecule has 1 aromatic carbocycles. The van der Waals surface area contributed by atoms with Crippen molar-refractivity contribution in [1.29, 1.82) is 0 Å². The number of carbonyl (C=O) groups is 1. The second-order valence-corrected chi connectivity index (χ2v) is 4.09. The Kier molecular flexibility index (Phi) is 2.66. The topological polar surface area (TPSA) is 26.3 Å². The molecule has 2 nitrogen and oxygen atoms in total. The van der Waals surface area contributed by atoms with Crippen LogP contribution in [0.25, 0.3) is 0 Å². The second-order valence-electron chi connectivity index (χ2n) is 3.25. The van der Waals surface area contributed by atoms with Crippen LogP contribution in [0.4, 0.5) is 0 Å². The Morgan fingerprint density at radius 1 is 1.36 bits per heavy atom. The van der Waals surface area contributed by atoms with E-state index in [1.165, 1.54) is 0 Å². The monoisotopic (exact) mass is 230 g/mol. The van der Waals surface area contributed by atoms with Crippen molar-refractivity contribution >= 4 is 29.2 Å². The van der Waals surface area contributed by atoms with Crippen molar-refractivity contribution in [2.75, 3.05) is 6.61 Å².